The molecule has 0 unspecified atom stereocenters. The van der Waals surface area contributed by atoms with Gasteiger partial charge in [0.2, 0.25) is 0 Å². The molecule has 0 aliphatic heterocycles. The van der Waals surface area contributed by atoms with Crippen LogP contribution in [0.1, 0.15) is 29.1 Å². The van der Waals surface area contributed by atoms with Crippen molar-refractivity contribution in [1.29, 1.82) is 0 Å². The van der Waals surface area contributed by atoms with Gasteiger partial charge in [0.1, 0.15) is 10.6 Å². The van der Waals surface area contributed by atoms with Crippen LogP contribution in [-0.4, -0.2) is 20.7 Å². The lowest BCUT2D eigenvalue weighted by molar-refractivity contribution is 0.101. The number of carbonyl (C=O) groups is 1. The van der Waals surface area contributed by atoms with Crippen LogP contribution in [-0.2, 0) is 6.42 Å². The van der Waals surface area contributed by atoms with E-state index in [4.69, 9.17) is 9.97 Å². The van der Waals surface area contributed by atoms with Gasteiger partial charge in [0.05, 0.1) is 5.39 Å². The SMILES string of the molecule is CCc1cc2c(Nc3cccc(C(C)=O)c3)nc(-c3cccnc3)nc2s1. The van der Waals surface area contributed by atoms with Crippen LogP contribution in [0.2, 0.25) is 0 Å². The van der Waals surface area contributed by atoms with Gasteiger partial charge in [-0.1, -0.05) is 19.1 Å². The number of pyridine rings is 1. The largest absolute Gasteiger partial charge is 0.340 e. The zero-order valence-corrected chi connectivity index (χ0v) is 15.9. The number of Topliss-reactive ketones (excluding diaryl/α,β-unsaturated/α-hetero) is 1. The highest BCUT2D eigenvalue weighted by atomic mass is 32.1. The van der Waals surface area contributed by atoms with Crippen LogP contribution in [0, 0.1) is 0 Å². The Kier molecular flexibility index (Phi) is 4.64. The molecule has 3 aromatic heterocycles. The molecular weight excluding hydrogens is 356 g/mol. The first kappa shape index (κ1) is 17.3. The zero-order valence-electron chi connectivity index (χ0n) is 15.1. The van der Waals surface area contributed by atoms with Crippen LogP contribution in [0.5, 0.6) is 0 Å². The van der Waals surface area contributed by atoms with Gasteiger partial charge in [0, 0.05) is 34.1 Å². The number of benzene rings is 1. The third-order valence-electron chi connectivity index (χ3n) is 4.24. The Morgan fingerprint density at radius 3 is 2.78 bits per heavy atom. The van der Waals surface area contributed by atoms with Crippen molar-refractivity contribution in [2.75, 3.05) is 5.32 Å². The van der Waals surface area contributed by atoms with E-state index in [1.165, 1.54) is 4.88 Å². The van der Waals surface area contributed by atoms with Crippen LogP contribution < -0.4 is 5.32 Å². The number of aryl methyl sites for hydroxylation is 1. The van der Waals surface area contributed by atoms with Crippen LogP contribution in [0.15, 0.2) is 54.9 Å². The van der Waals surface area contributed by atoms with E-state index < -0.39 is 0 Å². The zero-order chi connectivity index (χ0) is 18.8. The first-order valence-electron chi connectivity index (χ1n) is 8.73. The summed E-state index contributed by atoms with van der Waals surface area (Å²) in [5.74, 6) is 1.40. The Morgan fingerprint density at radius 1 is 1.15 bits per heavy atom. The number of hydrogen-bond acceptors (Lipinski definition) is 6. The van der Waals surface area contributed by atoms with Gasteiger partial charge in [-0.2, -0.15) is 0 Å². The molecule has 6 heteroatoms. The van der Waals surface area contributed by atoms with Crippen LogP contribution in [0.3, 0.4) is 0 Å². The maximum absolute atomic E-state index is 11.7. The molecule has 0 radical (unpaired) electrons. The highest BCUT2D eigenvalue weighted by Gasteiger charge is 2.13. The van der Waals surface area contributed by atoms with Crippen molar-refractivity contribution < 1.29 is 4.79 Å². The lowest BCUT2D eigenvalue weighted by atomic mass is 10.1. The number of ketones is 1. The average molecular weight is 374 g/mol. The summed E-state index contributed by atoms with van der Waals surface area (Å²) in [6.45, 7) is 3.69. The Balaban J connectivity index is 1.84. The van der Waals surface area contributed by atoms with E-state index in [1.807, 2.05) is 36.4 Å². The fourth-order valence-electron chi connectivity index (χ4n) is 2.82. The fourth-order valence-corrected chi connectivity index (χ4v) is 3.78. The monoisotopic (exact) mass is 374 g/mol. The molecule has 3 heterocycles. The van der Waals surface area contributed by atoms with Gasteiger partial charge >= 0.3 is 0 Å². The average Bonchev–Trinajstić information content (AvgIpc) is 3.12. The Labute approximate surface area is 161 Å². The molecule has 4 aromatic rings. The van der Waals surface area contributed by atoms with Crippen LogP contribution in [0.4, 0.5) is 11.5 Å². The molecule has 134 valence electrons. The smallest absolute Gasteiger partial charge is 0.164 e. The van der Waals surface area contributed by atoms with Crippen molar-refractivity contribution in [3.8, 4) is 11.4 Å². The molecule has 0 atom stereocenters. The highest BCUT2D eigenvalue weighted by molar-refractivity contribution is 7.18. The lowest BCUT2D eigenvalue weighted by Gasteiger charge is -2.10. The summed E-state index contributed by atoms with van der Waals surface area (Å²) in [5.41, 5.74) is 2.35. The van der Waals surface area contributed by atoms with E-state index >= 15 is 0 Å². The molecule has 1 N–H and O–H groups in total. The first-order chi connectivity index (χ1) is 13.1. The Hall–Kier alpha value is -3.12. The van der Waals surface area contributed by atoms with E-state index in [1.54, 1.807) is 30.7 Å². The summed E-state index contributed by atoms with van der Waals surface area (Å²) in [5, 5.41) is 4.36. The maximum Gasteiger partial charge on any atom is 0.164 e. The minimum atomic E-state index is 0.0336. The first-order valence-corrected chi connectivity index (χ1v) is 9.54. The minimum absolute atomic E-state index is 0.0336. The van der Waals surface area contributed by atoms with Gasteiger partial charge in [0.25, 0.3) is 0 Å². The van der Waals surface area contributed by atoms with E-state index in [0.29, 0.717) is 11.4 Å². The number of hydrogen-bond donors (Lipinski definition) is 1. The molecule has 0 saturated heterocycles. The molecule has 0 aliphatic rings. The summed E-state index contributed by atoms with van der Waals surface area (Å²) >= 11 is 1.67. The second kappa shape index (κ2) is 7.25. The number of fused-ring (bicyclic) bond motifs is 1. The molecule has 0 bridgehead atoms. The van der Waals surface area contributed by atoms with Crippen LogP contribution in [0.25, 0.3) is 21.6 Å². The quantitative estimate of drug-likeness (QED) is 0.483. The highest BCUT2D eigenvalue weighted by Crippen LogP contribution is 2.33. The Bertz CT molecular complexity index is 1120. The van der Waals surface area contributed by atoms with Crippen molar-refractivity contribution in [3.05, 3.63) is 65.3 Å². The van der Waals surface area contributed by atoms with Gasteiger partial charge in [-0.25, -0.2) is 9.97 Å². The lowest BCUT2D eigenvalue weighted by Crippen LogP contribution is -1.99. The van der Waals surface area contributed by atoms with Crippen molar-refractivity contribution in [2.24, 2.45) is 0 Å². The number of rotatable bonds is 5. The second-order valence-electron chi connectivity index (χ2n) is 6.18. The molecular formula is C21H18N4OS. The van der Waals surface area contributed by atoms with E-state index in [9.17, 15) is 4.79 Å². The van der Waals surface area contributed by atoms with Crippen molar-refractivity contribution in [3.63, 3.8) is 0 Å². The summed E-state index contributed by atoms with van der Waals surface area (Å²) in [6.07, 6.45) is 4.44. The summed E-state index contributed by atoms with van der Waals surface area (Å²) in [4.78, 5) is 27.5. The molecule has 1 aromatic carbocycles. The van der Waals surface area contributed by atoms with Gasteiger partial charge in [-0.05, 0) is 43.7 Å². The molecule has 5 nitrogen and oxygen atoms in total. The molecule has 0 spiro atoms. The number of nitrogens with one attached hydrogen (secondary N) is 1. The van der Waals surface area contributed by atoms with Crippen LogP contribution >= 0.6 is 11.3 Å². The summed E-state index contributed by atoms with van der Waals surface area (Å²) < 4.78 is 0. The maximum atomic E-state index is 11.7. The summed E-state index contributed by atoms with van der Waals surface area (Å²) in [6, 6.07) is 13.4. The topological polar surface area (TPSA) is 67.8 Å². The van der Waals surface area contributed by atoms with E-state index in [2.05, 4.69) is 23.3 Å². The van der Waals surface area contributed by atoms with Gasteiger partial charge in [-0.3, -0.25) is 9.78 Å². The minimum Gasteiger partial charge on any atom is -0.340 e. The number of anilines is 2. The third kappa shape index (κ3) is 3.57. The van der Waals surface area contributed by atoms with E-state index in [0.717, 1.165) is 33.7 Å². The van der Waals surface area contributed by atoms with E-state index in [-0.39, 0.29) is 5.78 Å². The fraction of sp³-hybridized carbons (Fsp3) is 0.143. The predicted molar refractivity (Wildman–Crippen MR) is 110 cm³/mol. The molecule has 4 rings (SSSR count). The second-order valence-corrected chi connectivity index (χ2v) is 7.30. The molecule has 27 heavy (non-hydrogen) atoms. The number of thiophene rings is 1. The molecule has 0 fully saturated rings. The molecule has 0 saturated carbocycles. The molecule has 0 aliphatic carbocycles. The summed E-state index contributed by atoms with van der Waals surface area (Å²) in [7, 11) is 0. The number of aromatic nitrogens is 3. The Morgan fingerprint density at radius 2 is 2.04 bits per heavy atom. The third-order valence-corrected chi connectivity index (χ3v) is 5.42. The predicted octanol–water partition coefficient (Wildman–Crippen LogP) is 5.26. The number of carbonyl (C=O) groups excluding carboxylic acids is 1. The van der Waals surface area contributed by atoms with Gasteiger partial charge < -0.3 is 5.32 Å². The standard InChI is InChI=1S/C21H18N4OS/c1-3-17-11-18-20(23-16-8-4-6-14(10-16)13(2)26)24-19(25-21(18)27-17)15-7-5-9-22-12-15/h4-12H,3H2,1-2H3,(H,23,24,25). The van der Waals surface area contributed by atoms with Gasteiger partial charge in [-0.15, -0.1) is 11.3 Å². The van der Waals surface area contributed by atoms with Gasteiger partial charge in [0.15, 0.2) is 11.6 Å². The number of nitrogens with zero attached hydrogens (tertiary/aromatic N) is 3. The van der Waals surface area contributed by atoms with Crippen molar-refractivity contribution in [1.82, 2.24) is 15.0 Å². The van der Waals surface area contributed by atoms with Crippen molar-refractivity contribution in [2.45, 2.75) is 20.3 Å². The molecule has 0 amide bonds. The van der Waals surface area contributed by atoms with Crippen molar-refractivity contribution >= 4 is 38.8 Å². The normalized spacial score (nSPS) is 10.9.